The summed E-state index contributed by atoms with van der Waals surface area (Å²) in [4.78, 5) is 12.4. The molecular formula is C17H24O2Si. The zero-order valence-electron chi connectivity index (χ0n) is 12.9. The van der Waals surface area contributed by atoms with Crippen molar-refractivity contribution in [2.45, 2.75) is 44.4 Å². The summed E-state index contributed by atoms with van der Waals surface area (Å²) in [5.41, 5.74) is 2.51. The average Bonchev–Trinajstić information content (AvgIpc) is 2.40. The quantitative estimate of drug-likeness (QED) is 0.603. The van der Waals surface area contributed by atoms with E-state index in [1.807, 2.05) is 24.3 Å². The Hall–Kier alpha value is -1.35. The number of methoxy groups -OCH3 is 1. The molecule has 1 unspecified atom stereocenters. The Morgan fingerprint density at radius 2 is 1.95 bits per heavy atom. The first kappa shape index (κ1) is 15.0. The Morgan fingerprint density at radius 1 is 1.25 bits per heavy atom. The number of carbonyl (C=O) groups excluding carboxylic acids is 1. The molecule has 3 heteroatoms. The maximum Gasteiger partial charge on any atom is 0.158 e. The van der Waals surface area contributed by atoms with E-state index in [4.69, 9.17) is 4.74 Å². The lowest BCUT2D eigenvalue weighted by molar-refractivity contribution is -0.116. The fraction of sp³-hybridized carbons (Fsp3) is 0.471. The van der Waals surface area contributed by atoms with Gasteiger partial charge in [-0.25, -0.2) is 0 Å². The number of rotatable bonds is 3. The average molecular weight is 288 g/mol. The van der Waals surface area contributed by atoms with Crippen LogP contribution < -0.4 is 4.74 Å². The van der Waals surface area contributed by atoms with Gasteiger partial charge >= 0.3 is 0 Å². The maximum absolute atomic E-state index is 12.4. The predicted molar refractivity (Wildman–Crippen MR) is 86.9 cm³/mol. The minimum atomic E-state index is -1.37. The lowest BCUT2D eigenvalue weighted by Crippen LogP contribution is -2.34. The number of ketones is 1. The van der Waals surface area contributed by atoms with Gasteiger partial charge in [0.1, 0.15) is 5.75 Å². The summed E-state index contributed by atoms with van der Waals surface area (Å²) in [7, 11) is 0.304. The fourth-order valence-corrected chi connectivity index (χ4v) is 5.24. The summed E-state index contributed by atoms with van der Waals surface area (Å²) in [6.45, 7) is 7.06. The third-order valence-electron chi connectivity index (χ3n) is 4.09. The van der Waals surface area contributed by atoms with Crippen molar-refractivity contribution in [3.63, 3.8) is 0 Å². The van der Waals surface area contributed by atoms with Gasteiger partial charge in [0.05, 0.1) is 15.2 Å². The Morgan fingerprint density at radius 3 is 2.60 bits per heavy atom. The predicted octanol–water partition coefficient (Wildman–Crippen LogP) is 4.54. The van der Waals surface area contributed by atoms with E-state index in [2.05, 4.69) is 25.7 Å². The molecule has 1 aromatic carbocycles. The van der Waals surface area contributed by atoms with Crippen LogP contribution in [0.2, 0.25) is 25.2 Å². The van der Waals surface area contributed by atoms with E-state index < -0.39 is 8.07 Å². The molecule has 20 heavy (non-hydrogen) atoms. The number of allylic oxidation sites excluding steroid dienone is 1. The van der Waals surface area contributed by atoms with E-state index in [0.717, 1.165) is 29.7 Å². The Kier molecular flexibility index (Phi) is 4.48. The van der Waals surface area contributed by atoms with Gasteiger partial charge in [-0.05, 0) is 36.1 Å². The van der Waals surface area contributed by atoms with Crippen molar-refractivity contribution in [1.82, 2.24) is 0 Å². The van der Waals surface area contributed by atoms with Crippen LogP contribution in [0.25, 0.3) is 6.08 Å². The minimum Gasteiger partial charge on any atom is -0.496 e. The van der Waals surface area contributed by atoms with Gasteiger partial charge in [-0.1, -0.05) is 37.8 Å². The molecule has 1 atom stereocenters. The van der Waals surface area contributed by atoms with Gasteiger partial charge in [-0.3, -0.25) is 4.79 Å². The zero-order chi connectivity index (χ0) is 14.8. The number of Topliss-reactive ketones (excluding diaryl/α,β-unsaturated/α-hetero) is 1. The van der Waals surface area contributed by atoms with Crippen LogP contribution in [0, 0.1) is 0 Å². The van der Waals surface area contributed by atoms with Gasteiger partial charge in [0, 0.05) is 12.0 Å². The lowest BCUT2D eigenvalue weighted by Gasteiger charge is -2.34. The second kappa shape index (κ2) is 5.96. The summed E-state index contributed by atoms with van der Waals surface area (Å²) in [6, 6.07) is 7.92. The van der Waals surface area contributed by atoms with E-state index in [1.165, 1.54) is 0 Å². The number of benzene rings is 1. The highest BCUT2D eigenvalue weighted by atomic mass is 28.3. The standard InChI is InChI=1S/C17H24O2Si/c1-19-16-10-6-5-8-13(16)12-14-15(18)9-7-11-17(14)20(2,3)4/h5-6,8,10,12,17H,7,9,11H2,1-4H3. The van der Waals surface area contributed by atoms with E-state index in [1.54, 1.807) is 7.11 Å². The minimum absolute atomic E-state index is 0.328. The van der Waals surface area contributed by atoms with Gasteiger partial charge in [-0.2, -0.15) is 0 Å². The fourth-order valence-electron chi connectivity index (χ4n) is 2.99. The first-order chi connectivity index (χ1) is 9.43. The molecular weight excluding hydrogens is 264 g/mol. The number of hydrogen-bond acceptors (Lipinski definition) is 2. The van der Waals surface area contributed by atoms with Crippen molar-refractivity contribution in [3.8, 4) is 5.75 Å². The van der Waals surface area contributed by atoms with Crippen LogP contribution in [-0.2, 0) is 4.79 Å². The Labute approximate surface area is 122 Å². The van der Waals surface area contributed by atoms with Crippen LogP contribution in [0.3, 0.4) is 0 Å². The largest absolute Gasteiger partial charge is 0.496 e. The molecule has 0 N–H and O–H groups in total. The van der Waals surface area contributed by atoms with Crippen molar-refractivity contribution >= 4 is 19.9 Å². The first-order valence-corrected chi connectivity index (χ1v) is 10.9. The number of para-hydroxylation sites is 1. The molecule has 0 aliphatic heterocycles. The molecule has 0 bridgehead atoms. The molecule has 1 aliphatic rings. The molecule has 108 valence electrons. The van der Waals surface area contributed by atoms with Crippen molar-refractivity contribution < 1.29 is 9.53 Å². The van der Waals surface area contributed by atoms with Gasteiger partial charge in [0.15, 0.2) is 5.78 Å². The topological polar surface area (TPSA) is 26.3 Å². The smallest absolute Gasteiger partial charge is 0.158 e. The molecule has 0 saturated heterocycles. The van der Waals surface area contributed by atoms with E-state index in [9.17, 15) is 4.79 Å². The summed E-state index contributed by atoms with van der Waals surface area (Å²) < 4.78 is 5.40. The highest BCUT2D eigenvalue weighted by Crippen LogP contribution is 2.41. The molecule has 1 aromatic rings. The molecule has 1 fully saturated rings. The molecule has 0 radical (unpaired) electrons. The molecule has 0 amide bonds. The monoisotopic (exact) mass is 288 g/mol. The summed E-state index contributed by atoms with van der Waals surface area (Å²) in [5, 5.41) is 0. The van der Waals surface area contributed by atoms with E-state index in [-0.39, 0.29) is 0 Å². The Bertz CT molecular complexity index is 526. The van der Waals surface area contributed by atoms with E-state index >= 15 is 0 Å². The highest BCUT2D eigenvalue weighted by Gasteiger charge is 2.35. The zero-order valence-corrected chi connectivity index (χ0v) is 13.9. The SMILES string of the molecule is COc1ccccc1C=C1C(=O)CCCC1[Si](C)(C)C. The van der Waals surface area contributed by atoms with Crippen molar-refractivity contribution in [1.29, 1.82) is 0 Å². The molecule has 0 heterocycles. The second-order valence-electron chi connectivity index (χ2n) is 6.58. The normalized spacial score (nSPS) is 22.1. The molecule has 1 aliphatic carbocycles. The summed E-state index contributed by atoms with van der Waals surface area (Å²) >= 11 is 0. The third kappa shape index (κ3) is 3.21. The molecule has 0 spiro atoms. The van der Waals surface area contributed by atoms with Gasteiger partial charge in [0.2, 0.25) is 0 Å². The van der Waals surface area contributed by atoms with Crippen LogP contribution in [0.15, 0.2) is 29.8 Å². The second-order valence-corrected chi connectivity index (χ2v) is 12.0. The molecule has 2 nitrogen and oxygen atoms in total. The maximum atomic E-state index is 12.4. The summed E-state index contributed by atoms with van der Waals surface area (Å²) in [5.74, 6) is 1.17. The third-order valence-corrected chi connectivity index (χ3v) is 6.78. The first-order valence-electron chi connectivity index (χ1n) is 7.31. The summed E-state index contributed by atoms with van der Waals surface area (Å²) in [6.07, 6.45) is 4.96. The molecule has 0 aromatic heterocycles. The molecule has 1 saturated carbocycles. The van der Waals surface area contributed by atoms with Gasteiger partial charge in [-0.15, -0.1) is 0 Å². The van der Waals surface area contributed by atoms with Crippen LogP contribution >= 0.6 is 0 Å². The van der Waals surface area contributed by atoms with Crippen molar-refractivity contribution in [3.05, 3.63) is 35.4 Å². The highest BCUT2D eigenvalue weighted by molar-refractivity contribution is 6.78. The van der Waals surface area contributed by atoms with Crippen LogP contribution in [0.5, 0.6) is 5.75 Å². The number of hydrogen-bond donors (Lipinski definition) is 0. The van der Waals surface area contributed by atoms with Crippen molar-refractivity contribution in [2.24, 2.45) is 0 Å². The molecule has 2 rings (SSSR count). The number of carbonyl (C=O) groups is 1. The number of ether oxygens (including phenoxy) is 1. The van der Waals surface area contributed by atoms with Crippen molar-refractivity contribution in [2.75, 3.05) is 7.11 Å². The van der Waals surface area contributed by atoms with Gasteiger partial charge < -0.3 is 4.74 Å². The van der Waals surface area contributed by atoms with E-state index in [0.29, 0.717) is 17.7 Å². The van der Waals surface area contributed by atoms with Gasteiger partial charge in [0.25, 0.3) is 0 Å². The lowest BCUT2D eigenvalue weighted by atomic mass is 9.91. The van der Waals surface area contributed by atoms with Crippen LogP contribution in [0.4, 0.5) is 0 Å². The Balaban J connectivity index is 2.44. The van der Waals surface area contributed by atoms with Crippen LogP contribution in [0.1, 0.15) is 24.8 Å². The van der Waals surface area contributed by atoms with Crippen LogP contribution in [-0.4, -0.2) is 21.0 Å².